The molecule has 0 aliphatic rings. The standard InChI is InChI=1S/C13H20N4O2S/c1-9-10(2)16-17-12(11(9)8-14)15-6-7-20(18,19)13(3,4)5/h6-7H2,1-5H3,(H,15,17). The van der Waals surface area contributed by atoms with Gasteiger partial charge < -0.3 is 5.32 Å². The summed E-state index contributed by atoms with van der Waals surface area (Å²) < 4.78 is 23.2. The largest absolute Gasteiger partial charge is 0.366 e. The molecule has 0 aromatic carbocycles. The minimum Gasteiger partial charge on any atom is -0.366 e. The normalized spacial score (nSPS) is 12.0. The number of aryl methyl sites for hydroxylation is 1. The van der Waals surface area contributed by atoms with Gasteiger partial charge in [-0.25, -0.2) is 8.42 Å². The van der Waals surface area contributed by atoms with Gasteiger partial charge in [0.15, 0.2) is 15.7 Å². The Morgan fingerprint density at radius 3 is 2.35 bits per heavy atom. The first-order valence-corrected chi connectivity index (χ1v) is 7.95. The van der Waals surface area contributed by atoms with Crippen LogP contribution in [0.2, 0.25) is 0 Å². The van der Waals surface area contributed by atoms with Crippen molar-refractivity contribution >= 4 is 15.7 Å². The van der Waals surface area contributed by atoms with Gasteiger partial charge in [0.25, 0.3) is 0 Å². The molecule has 0 aliphatic carbocycles. The van der Waals surface area contributed by atoms with Crippen LogP contribution in [0.25, 0.3) is 0 Å². The molecule has 1 aromatic rings. The molecule has 1 heterocycles. The van der Waals surface area contributed by atoms with E-state index in [2.05, 4.69) is 21.6 Å². The van der Waals surface area contributed by atoms with Crippen molar-refractivity contribution in [3.63, 3.8) is 0 Å². The first kappa shape index (κ1) is 16.4. The Kier molecular flexibility index (Phi) is 4.71. The van der Waals surface area contributed by atoms with E-state index in [1.807, 2.05) is 0 Å². The van der Waals surface area contributed by atoms with Gasteiger partial charge in [0, 0.05) is 6.54 Å². The molecule has 0 saturated carbocycles. The zero-order chi connectivity index (χ0) is 15.6. The van der Waals surface area contributed by atoms with Crippen molar-refractivity contribution < 1.29 is 8.42 Å². The minimum atomic E-state index is -3.20. The minimum absolute atomic E-state index is 0.0179. The van der Waals surface area contributed by atoms with Gasteiger partial charge in [0.2, 0.25) is 0 Å². The van der Waals surface area contributed by atoms with Crippen molar-refractivity contribution in [2.75, 3.05) is 17.6 Å². The third kappa shape index (κ3) is 3.45. The smallest absolute Gasteiger partial charge is 0.166 e. The second-order valence-electron chi connectivity index (χ2n) is 5.60. The van der Waals surface area contributed by atoms with Crippen LogP contribution in [0.5, 0.6) is 0 Å². The summed E-state index contributed by atoms with van der Waals surface area (Å²) >= 11 is 0. The molecule has 110 valence electrons. The molecule has 6 nitrogen and oxygen atoms in total. The second kappa shape index (κ2) is 5.75. The summed E-state index contributed by atoms with van der Waals surface area (Å²) in [6, 6.07) is 2.07. The summed E-state index contributed by atoms with van der Waals surface area (Å²) in [5.74, 6) is 0.315. The fourth-order valence-electron chi connectivity index (χ4n) is 1.48. The Bertz CT molecular complexity index is 640. The van der Waals surface area contributed by atoms with Gasteiger partial charge in [-0.05, 0) is 40.2 Å². The molecule has 20 heavy (non-hydrogen) atoms. The maximum atomic E-state index is 12.0. The van der Waals surface area contributed by atoms with Crippen molar-refractivity contribution in [3.8, 4) is 6.07 Å². The molecule has 0 radical (unpaired) electrons. The second-order valence-corrected chi connectivity index (χ2v) is 8.47. The molecule has 0 unspecified atom stereocenters. The van der Waals surface area contributed by atoms with E-state index in [4.69, 9.17) is 5.26 Å². The van der Waals surface area contributed by atoms with Crippen LogP contribution in [0.15, 0.2) is 0 Å². The number of nitriles is 1. The zero-order valence-corrected chi connectivity index (χ0v) is 13.3. The van der Waals surface area contributed by atoms with Gasteiger partial charge in [-0.3, -0.25) is 0 Å². The molecule has 1 rings (SSSR count). The van der Waals surface area contributed by atoms with E-state index in [1.165, 1.54) is 0 Å². The van der Waals surface area contributed by atoms with Crippen molar-refractivity contribution in [1.82, 2.24) is 10.2 Å². The molecule has 0 fully saturated rings. The SMILES string of the molecule is Cc1nnc(NCCS(=O)(=O)C(C)(C)C)c(C#N)c1C. The highest BCUT2D eigenvalue weighted by molar-refractivity contribution is 7.92. The van der Waals surface area contributed by atoms with Crippen LogP contribution in [0.4, 0.5) is 5.82 Å². The van der Waals surface area contributed by atoms with E-state index in [-0.39, 0.29) is 12.3 Å². The third-order valence-electron chi connectivity index (χ3n) is 3.16. The highest BCUT2D eigenvalue weighted by Gasteiger charge is 2.28. The van der Waals surface area contributed by atoms with Crippen molar-refractivity contribution in [2.24, 2.45) is 0 Å². The van der Waals surface area contributed by atoms with Crippen LogP contribution in [0.3, 0.4) is 0 Å². The number of hydrogen-bond acceptors (Lipinski definition) is 6. The lowest BCUT2D eigenvalue weighted by atomic mass is 10.1. The third-order valence-corrected chi connectivity index (χ3v) is 5.77. The fraction of sp³-hybridized carbons (Fsp3) is 0.615. The highest BCUT2D eigenvalue weighted by Crippen LogP contribution is 2.18. The average Bonchev–Trinajstić information content (AvgIpc) is 2.32. The summed E-state index contributed by atoms with van der Waals surface area (Å²) in [6.07, 6.45) is 0. The Hall–Kier alpha value is -1.68. The fourth-order valence-corrected chi connectivity index (χ4v) is 2.46. The van der Waals surface area contributed by atoms with Gasteiger partial charge in [-0.1, -0.05) is 0 Å². The first-order valence-electron chi connectivity index (χ1n) is 6.30. The lowest BCUT2D eigenvalue weighted by Gasteiger charge is -2.19. The maximum absolute atomic E-state index is 12.0. The summed E-state index contributed by atoms with van der Waals surface area (Å²) in [7, 11) is -3.20. The van der Waals surface area contributed by atoms with Crippen molar-refractivity contribution in [2.45, 2.75) is 39.4 Å². The lowest BCUT2D eigenvalue weighted by Crippen LogP contribution is -2.33. The molecular formula is C13H20N4O2S. The highest BCUT2D eigenvalue weighted by atomic mass is 32.2. The Labute approximate surface area is 120 Å². The molecular weight excluding hydrogens is 276 g/mol. The first-order chi connectivity index (χ1) is 9.10. The van der Waals surface area contributed by atoms with E-state index < -0.39 is 14.6 Å². The predicted molar refractivity (Wildman–Crippen MR) is 78.3 cm³/mol. The Morgan fingerprint density at radius 1 is 1.25 bits per heavy atom. The van der Waals surface area contributed by atoms with Gasteiger partial charge in [0.1, 0.15) is 11.6 Å². The number of nitrogens with one attached hydrogen (secondary N) is 1. The van der Waals surface area contributed by atoms with Gasteiger partial charge in [-0.2, -0.15) is 10.4 Å². The maximum Gasteiger partial charge on any atom is 0.166 e. The Morgan fingerprint density at radius 2 is 1.85 bits per heavy atom. The number of sulfone groups is 1. The topological polar surface area (TPSA) is 95.7 Å². The number of aromatic nitrogens is 2. The van der Waals surface area contributed by atoms with E-state index >= 15 is 0 Å². The average molecular weight is 296 g/mol. The van der Waals surface area contributed by atoms with Crippen LogP contribution >= 0.6 is 0 Å². The van der Waals surface area contributed by atoms with E-state index in [0.717, 1.165) is 5.56 Å². The predicted octanol–water partition coefficient (Wildman–Crippen LogP) is 1.59. The van der Waals surface area contributed by atoms with Crippen molar-refractivity contribution in [1.29, 1.82) is 5.26 Å². The number of anilines is 1. The quantitative estimate of drug-likeness (QED) is 0.906. The van der Waals surface area contributed by atoms with Crippen LogP contribution in [0.1, 0.15) is 37.6 Å². The van der Waals surface area contributed by atoms with E-state index in [9.17, 15) is 8.42 Å². The molecule has 0 bridgehead atoms. The van der Waals surface area contributed by atoms with E-state index in [1.54, 1.807) is 34.6 Å². The van der Waals surface area contributed by atoms with Crippen LogP contribution < -0.4 is 5.32 Å². The van der Waals surface area contributed by atoms with Crippen LogP contribution in [-0.2, 0) is 9.84 Å². The monoisotopic (exact) mass is 296 g/mol. The number of rotatable bonds is 4. The van der Waals surface area contributed by atoms with Crippen molar-refractivity contribution in [3.05, 3.63) is 16.8 Å². The summed E-state index contributed by atoms with van der Waals surface area (Å²) in [5, 5.41) is 19.9. The van der Waals surface area contributed by atoms with Gasteiger partial charge >= 0.3 is 0 Å². The Balaban J connectivity index is 2.84. The van der Waals surface area contributed by atoms with E-state index in [0.29, 0.717) is 17.1 Å². The van der Waals surface area contributed by atoms with Gasteiger partial charge in [-0.15, -0.1) is 5.10 Å². The molecule has 0 aliphatic heterocycles. The zero-order valence-electron chi connectivity index (χ0n) is 12.5. The molecule has 0 saturated heterocycles. The summed E-state index contributed by atoms with van der Waals surface area (Å²) in [6.45, 7) is 8.76. The molecule has 0 amide bonds. The molecule has 1 N–H and O–H groups in total. The summed E-state index contributed by atoms with van der Waals surface area (Å²) in [4.78, 5) is 0. The molecule has 7 heteroatoms. The number of hydrogen-bond donors (Lipinski definition) is 1. The molecule has 1 aromatic heterocycles. The number of nitrogens with zero attached hydrogens (tertiary/aromatic N) is 3. The van der Waals surface area contributed by atoms with Crippen LogP contribution in [0, 0.1) is 25.2 Å². The molecule has 0 atom stereocenters. The molecule has 0 spiro atoms. The lowest BCUT2D eigenvalue weighted by molar-refractivity contribution is 0.560. The van der Waals surface area contributed by atoms with Crippen LogP contribution in [-0.4, -0.2) is 35.7 Å². The van der Waals surface area contributed by atoms with Gasteiger partial charge in [0.05, 0.1) is 16.2 Å². The summed E-state index contributed by atoms with van der Waals surface area (Å²) in [5.41, 5.74) is 1.85.